The van der Waals surface area contributed by atoms with Crippen molar-refractivity contribution in [1.82, 2.24) is 0 Å². The van der Waals surface area contributed by atoms with Crippen LogP contribution in [0.5, 0.6) is 0 Å². The summed E-state index contributed by atoms with van der Waals surface area (Å²) >= 11 is 0. The molecule has 2 atom stereocenters. The van der Waals surface area contributed by atoms with Crippen LogP contribution in [-0.2, 0) is 32.7 Å². The number of allylic oxidation sites excluding steroid dienone is 18. The SMILES string of the molecule is CC/C=C\C/C=C\C/C=C\C/C=C\C/C=C\CC(=O)OCC(COP(=O)(O)OC)OC(=O)C/C=C\C/C=C\C/C=C\C/C=C\C/C=C\CC. The van der Waals surface area contributed by atoms with Gasteiger partial charge in [0.25, 0.3) is 0 Å². The fourth-order valence-electron chi connectivity index (χ4n) is 3.69. The molecule has 2 unspecified atom stereocenters. The Morgan fingerprint density at radius 2 is 0.857 bits per heavy atom. The predicted molar refractivity (Wildman–Crippen MR) is 202 cm³/mol. The minimum absolute atomic E-state index is 0.0148. The zero-order valence-corrected chi connectivity index (χ0v) is 30.7. The van der Waals surface area contributed by atoms with Crippen LogP contribution in [-0.4, -0.2) is 43.3 Å². The first kappa shape index (κ1) is 45.5. The molecule has 0 amide bonds. The van der Waals surface area contributed by atoms with E-state index in [1.54, 1.807) is 12.2 Å². The zero-order chi connectivity index (χ0) is 36.1. The average molecular weight is 699 g/mol. The second-order valence-electron chi connectivity index (χ2n) is 10.6. The van der Waals surface area contributed by atoms with E-state index >= 15 is 0 Å². The number of carbonyl (C=O) groups is 2. The first-order valence-corrected chi connectivity index (χ1v) is 18.7. The van der Waals surface area contributed by atoms with Crippen molar-refractivity contribution in [3.8, 4) is 0 Å². The smallest absolute Gasteiger partial charge is 0.461 e. The van der Waals surface area contributed by atoms with Crippen molar-refractivity contribution in [2.75, 3.05) is 20.3 Å². The highest BCUT2D eigenvalue weighted by Crippen LogP contribution is 2.42. The molecule has 0 aromatic rings. The topological polar surface area (TPSA) is 108 Å². The molecule has 0 aromatic heterocycles. The van der Waals surface area contributed by atoms with Gasteiger partial charge in [-0.15, -0.1) is 0 Å². The first-order chi connectivity index (χ1) is 23.8. The van der Waals surface area contributed by atoms with Crippen molar-refractivity contribution in [2.45, 2.75) is 97.0 Å². The van der Waals surface area contributed by atoms with Crippen LogP contribution in [0.15, 0.2) is 122 Å². The Morgan fingerprint density at radius 1 is 0.531 bits per heavy atom. The van der Waals surface area contributed by atoms with Gasteiger partial charge in [-0.3, -0.25) is 18.6 Å². The van der Waals surface area contributed by atoms with Gasteiger partial charge in [-0.2, -0.15) is 0 Å². The van der Waals surface area contributed by atoms with E-state index < -0.39 is 32.5 Å². The van der Waals surface area contributed by atoms with E-state index in [2.05, 4.69) is 103 Å². The molecule has 0 bridgehead atoms. The lowest BCUT2D eigenvalue weighted by Crippen LogP contribution is -2.29. The zero-order valence-electron chi connectivity index (χ0n) is 29.8. The van der Waals surface area contributed by atoms with Crippen LogP contribution in [0.2, 0.25) is 0 Å². The Kier molecular flexibility index (Phi) is 31.8. The molecule has 0 aliphatic heterocycles. The quantitative estimate of drug-likeness (QED) is 0.0467. The Labute approximate surface area is 295 Å². The van der Waals surface area contributed by atoms with Crippen LogP contribution >= 0.6 is 7.82 Å². The van der Waals surface area contributed by atoms with Gasteiger partial charge in [0.1, 0.15) is 6.61 Å². The summed E-state index contributed by atoms with van der Waals surface area (Å²) in [6.07, 6.45) is 48.8. The van der Waals surface area contributed by atoms with E-state index in [9.17, 15) is 19.0 Å². The molecule has 8 nitrogen and oxygen atoms in total. The van der Waals surface area contributed by atoms with Gasteiger partial charge in [-0.05, 0) is 64.2 Å². The van der Waals surface area contributed by atoms with Crippen molar-refractivity contribution in [3.05, 3.63) is 122 Å². The third-order valence-corrected chi connectivity index (χ3v) is 7.20. The molecule has 272 valence electrons. The molecule has 0 radical (unpaired) electrons. The minimum Gasteiger partial charge on any atom is -0.461 e. The van der Waals surface area contributed by atoms with Crippen molar-refractivity contribution in [3.63, 3.8) is 0 Å². The van der Waals surface area contributed by atoms with Crippen LogP contribution in [0, 0.1) is 0 Å². The molecule has 0 saturated carbocycles. The number of phosphoric ester groups is 1. The molecule has 0 aliphatic carbocycles. The van der Waals surface area contributed by atoms with Crippen LogP contribution in [0.4, 0.5) is 0 Å². The van der Waals surface area contributed by atoms with Gasteiger partial charge in [-0.1, -0.05) is 135 Å². The summed E-state index contributed by atoms with van der Waals surface area (Å²) in [5.41, 5.74) is 0. The number of esters is 2. The normalized spacial score (nSPS) is 14.9. The molecule has 1 N–H and O–H groups in total. The number of carbonyl (C=O) groups excluding carboxylic acids is 2. The number of ether oxygens (including phenoxy) is 2. The Balaban J connectivity index is 4.44. The van der Waals surface area contributed by atoms with Crippen LogP contribution in [0.25, 0.3) is 0 Å². The maximum atomic E-state index is 12.4. The molecule has 9 heteroatoms. The molecule has 0 aromatic carbocycles. The molecule has 0 saturated heterocycles. The number of hydrogen-bond acceptors (Lipinski definition) is 7. The molecule has 0 spiro atoms. The highest BCUT2D eigenvalue weighted by atomic mass is 31.2. The van der Waals surface area contributed by atoms with Crippen LogP contribution in [0.3, 0.4) is 0 Å². The Morgan fingerprint density at radius 3 is 1.20 bits per heavy atom. The largest absolute Gasteiger partial charge is 0.472 e. The minimum atomic E-state index is -4.31. The van der Waals surface area contributed by atoms with Crippen molar-refractivity contribution < 1.29 is 37.6 Å². The number of rotatable bonds is 29. The average Bonchev–Trinajstić information content (AvgIpc) is 3.09. The molecule has 0 aliphatic rings. The lowest BCUT2D eigenvalue weighted by atomic mass is 10.2. The van der Waals surface area contributed by atoms with Gasteiger partial charge < -0.3 is 14.4 Å². The summed E-state index contributed by atoms with van der Waals surface area (Å²) in [5, 5.41) is 0. The van der Waals surface area contributed by atoms with Gasteiger partial charge in [0.2, 0.25) is 0 Å². The molecule has 0 heterocycles. The maximum absolute atomic E-state index is 12.4. The standard InChI is InChI=1S/C40H59O8P/c1-4-6-8-10-12-14-16-18-20-22-24-26-28-30-32-34-39(41)46-36-38(37-47-49(43,44)45-3)48-40(42)35-33-31-29-27-25-23-21-19-17-15-13-11-9-7-5-2/h6-9,12-15,18-21,24-27,30-33,38H,4-5,10-11,16-17,22-23,28-29,34-37H2,1-3H3,(H,43,44)/b8-6-,9-7-,14-12-,15-13-,20-18-,21-19-,26-24-,27-25-,32-30-,33-31-. The third-order valence-electron chi connectivity index (χ3n) is 6.27. The summed E-state index contributed by atoms with van der Waals surface area (Å²) in [6.45, 7) is 3.44. The predicted octanol–water partition coefficient (Wildman–Crippen LogP) is 10.5. The van der Waals surface area contributed by atoms with Crippen molar-refractivity contribution in [2.24, 2.45) is 0 Å². The Bertz CT molecular complexity index is 1200. The van der Waals surface area contributed by atoms with E-state index in [0.717, 1.165) is 58.5 Å². The third kappa shape index (κ3) is 34.1. The summed E-state index contributed by atoms with van der Waals surface area (Å²) in [7, 11) is -3.29. The van der Waals surface area contributed by atoms with Gasteiger partial charge in [-0.25, -0.2) is 4.57 Å². The summed E-state index contributed by atoms with van der Waals surface area (Å²) in [5.74, 6) is -1.12. The van der Waals surface area contributed by atoms with Gasteiger partial charge in [0.15, 0.2) is 6.10 Å². The highest BCUT2D eigenvalue weighted by Gasteiger charge is 2.24. The Hall–Kier alpha value is -3.55. The van der Waals surface area contributed by atoms with Crippen molar-refractivity contribution >= 4 is 19.8 Å². The van der Waals surface area contributed by atoms with E-state index in [1.807, 2.05) is 24.3 Å². The summed E-state index contributed by atoms with van der Waals surface area (Å²) in [4.78, 5) is 34.1. The lowest BCUT2D eigenvalue weighted by Gasteiger charge is -2.18. The van der Waals surface area contributed by atoms with E-state index in [1.165, 1.54) is 0 Å². The monoisotopic (exact) mass is 698 g/mol. The van der Waals surface area contributed by atoms with Gasteiger partial charge in [0, 0.05) is 7.11 Å². The molecule has 0 rings (SSSR count). The van der Waals surface area contributed by atoms with E-state index in [0.29, 0.717) is 12.8 Å². The second-order valence-corrected chi connectivity index (χ2v) is 12.1. The van der Waals surface area contributed by atoms with Gasteiger partial charge in [0.05, 0.1) is 19.4 Å². The number of phosphoric acid groups is 1. The molecular formula is C40H59O8P. The van der Waals surface area contributed by atoms with Crippen molar-refractivity contribution in [1.29, 1.82) is 0 Å². The highest BCUT2D eigenvalue weighted by molar-refractivity contribution is 7.47. The first-order valence-electron chi connectivity index (χ1n) is 17.2. The van der Waals surface area contributed by atoms with Crippen LogP contribution < -0.4 is 0 Å². The van der Waals surface area contributed by atoms with Gasteiger partial charge >= 0.3 is 19.8 Å². The molecule has 49 heavy (non-hydrogen) atoms. The molecular weight excluding hydrogens is 639 g/mol. The van der Waals surface area contributed by atoms with E-state index in [-0.39, 0.29) is 19.4 Å². The maximum Gasteiger partial charge on any atom is 0.472 e. The van der Waals surface area contributed by atoms with Crippen LogP contribution in [0.1, 0.15) is 90.9 Å². The summed E-state index contributed by atoms with van der Waals surface area (Å²) in [6, 6.07) is 0. The van der Waals surface area contributed by atoms with E-state index in [4.69, 9.17) is 14.0 Å². The lowest BCUT2D eigenvalue weighted by molar-refractivity contribution is -0.160. The number of hydrogen-bond donors (Lipinski definition) is 1. The summed E-state index contributed by atoms with van der Waals surface area (Å²) < 4.78 is 31.5. The second kappa shape index (κ2) is 34.3. The fraction of sp³-hybridized carbons (Fsp3) is 0.450. The molecule has 0 fully saturated rings. The fourth-order valence-corrected chi connectivity index (χ4v) is 4.15.